The van der Waals surface area contributed by atoms with E-state index >= 15 is 0 Å². The van der Waals surface area contributed by atoms with Gasteiger partial charge in [-0.1, -0.05) is 24.3 Å². The number of hydrogen-bond donors (Lipinski definition) is 0. The van der Waals surface area contributed by atoms with Crippen LogP contribution in [-0.4, -0.2) is 10.8 Å². The van der Waals surface area contributed by atoms with Crippen LogP contribution in [-0.2, 0) is 0 Å². The smallest absolute Gasteiger partial charge is 0.294 e. The predicted molar refractivity (Wildman–Crippen MR) is 80.9 cm³/mol. The molecule has 4 nitrogen and oxygen atoms in total. The molecule has 1 atom stereocenters. The highest BCUT2D eigenvalue weighted by Crippen LogP contribution is 2.36. The standard InChI is InChI=1S/C18H13NO3/c20-18(16-8-4-12-22-16)19-10-9-13-5-1-2-6-14(13)17(19)15-7-3-11-21-15/h1-12,17H. The van der Waals surface area contributed by atoms with Gasteiger partial charge in [0.1, 0.15) is 11.8 Å². The lowest BCUT2D eigenvalue weighted by Crippen LogP contribution is -2.32. The van der Waals surface area contributed by atoms with Crippen LogP contribution in [0.3, 0.4) is 0 Å². The molecule has 108 valence electrons. The third-order valence-corrected chi connectivity index (χ3v) is 3.76. The maximum atomic E-state index is 12.7. The van der Waals surface area contributed by atoms with Crippen molar-refractivity contribution in [3.8, 4) is 0 Å². The molecule has 3 aromatic rings. The minimum Gasteiger partial charge on any atom is -0.467 e. The van der Waals surface area contributed by atoms with E-state index < -0.39 is 0 Å². The number of carbonyl (C=O) groups is 1. The van der Waals surface area contributed by atoms with Gasteiger partial charge in [0.15, 0.2) is 5.76 Å². The minimum atomic E-state index is -0.297. The van der Waals surface area contributed by atoms with E-state index in [1.807, 2.05) is 42.5 Å². The van der Waals surface area contributed by atoms with Gasteiger partial charge in [0.25, 0.3) is 5.91 Å². The van der Waals surface area contributed by atoms with E-state index in [-0.39, 0.29) is 11.9 Å². The van der Waals surface area contributed by atoms with Crippen molar-refractivity contribution < 1.29 is 13.6 Å². The Balaban J connectivity index is 1.83. The van der Waals surface area contributed by atoms with Crippen molar-refractivity contribution in [3.05, 3.63) is 89.9 Å². The van der Waals surface area contributed by atoms with Crippen LogP contribution < -0.4 is 0 Å². The molecule has 0 radical (unpaired) electrons. The SMILES string of the molecule is O=C(c1ccco1)N1C=Cc2ccccc2C1c1ccco1. The third kappa shape index (κ3) is 1.97. The molecule has 0 fully saturated rings. The highest BCUT2D eigenvalue weighted by molar-refractivity contribution is 5.93. The normalized spacial score (nSPS) is 16.5. The van der Waals surface area contributed by atoms with E-state index in [1.54, 1.807) is 29.5 Å². The van der Waals surface area contributed by atoms with Crippen molar-refractivity contribution >= 4 is 12.0 Å². The summed E-state index contributed by atoms with van der Waals surface area (Å²) >= 11 is 0. The number of hydrogen-bond acceptors (Lipinski definition) is 3. The first-order valence-electron chi connectivity index (χ1n) is 7.01. The molecule has 1 amide bonds. The summed E-state index contributed by atoms with van der Waals surface area (Å²) < 4.78 is 10.8. The second kappa shape index (κ2) is 5.07. The molecule has 1 unspecified atom stereocenters. The molecule has 4 heteroatoms. The molecule has 0 spiro atoms. The van der Waals surface area contributed by atoms with Gasteiger partial charge in [-0.2, -0.15) is 0 Å². The Morgan fingerprint density at radius 2 is 1.77 bits per heavy atom. The summed E-state index contributed by atoms with van der Waals surface area (Å²) in [6.45, 7) is 0. The fourth-order valence-corrected chi connectivity index (χ4v) is 2.76. The topological polar surface area (TPSA) is 46.6 Å². The molecular formula is C18H13NO3. The summed E-state index contributed by atoms with van der Waals surface area (Å²) in [6.07, 6.45) is 6.82. The summed E-state index contributed by atoms with van der Waals surface area (Å²) in [5.74, 6) is 0.828. The number of furan rings is 2. The van der Waals surface area contributed by atoms with Gasteiger partial charge < -0.3 is 8.83 Å². The van der Waals surface area contributed by atoms with Crippen LogP contribution in [0.25, 0.3) is 6.08 Å². The van der Waals surface area contributed by atoms with Crippen LogP contribution in [0.1, 0.15) is 33.5 Å². The van der Waals surface area contributed by atoms with Gasteiger partial charge in [-0.3, -0.25) is 9.69 Å². The van der Waals surface area contributed by atoms with Crippen molar-refractivity contribution in [3.63, 3.8) is 0 Å². The van der Waals surface area contributed by atoms with Crippen molar-refractivity contribution in [2.75, 3.05) is 0 Å². The van der Waals surface area contributed by atoms with Crippen LogP contribution in [0, 0.1) is 0 Å². The number of carbonyl (C=O) groups excluding carboxylic acids is 1. The van der Waals surface area contributed by atoms with E-state index in [9.17, 15) is 4.79 Å². The fraction of sp³-hybridized carbons (Fsp3) is 0.0556. The van der Waals surface area contributed by atoms with Crippen LogP contribution in [0.15, 0.2) is 76.1 Å². The molecule has 3 heterocycles. The first-order chi connectivity index (χ1) is 10.8. The average Bonchev–Trinajstić information content (AvgIpc) is 3.26. The van der Waals surface area contributed by atoms with E-state index in [4.69, 9.17) is 8.83 Å². The Labute approximate surface area is 127 Å². The zero-order valence-electron chi connectivity index (χ0n) is 11.7. The van der Waals surface area contributed by atoms with Crippen molar-refractivity contribution in [2.45, 2.75) is 6.04 Å². The van der Waals surface area contributed by atoms with Gasteiger partial charge in [-0.05, 0) is 41.5 Å². The Morgan fingerprint density at radius 3 is 2.55 bits per heavy atom. The third-order valence-electron chi connectivity index (χ3n) is 3.76. The van der Waals surface area contributed by atoms with Gasteiger partial charge in [-0.15, -0.1) is 0 Å². The monoisotopic (exact) mass is 291 g/mol. The number of fused-ring (bicyclic) bond motifs is 1. The molecular weight excluding hydrogens is 278 g/mol. The highest BCUT2D eigenvalue weighted by Gasteiger charge is 2.32. The van der Waals surface area contributed by atoms with E-state index in [1.165, 1.54) is 6.26 Å². The van der Waals surface area contributed by atoms with Crippen molar-refractivity contribution in [2.24, 2.45) is 0 Å². The Morgan fingerprint density at radius 1 is 0.955 bits per heavy atom. The van der Waals surface area contributed by atoms with E-state index in [0.29, 0.717) is 5.76 Å². The number of rotatable bonds is 2. The first kappa shape index (κ1) is 12.7. The van der Waals surface area contributed by atoms with E-state index in [0.717, 1.165) is 16.9 Å². The molecule has 22 heavy (non-hydrogen) atoms. The number of amides is 1. The predicted octanol–water partition coefficient (Wildman–Crippen LogP) is 4.09. The molecule has 0 saturated carbocycles. The summed E-state index contributed by atoms with van der Waals surface area (Å²) in [7, 11) is 0. The maximum Gasteiger partial charge on any atom is 0.294 e. The van der Waals surface area contributed by atoms with Crippen LogP contribution >= 0.6 is 0 Å². The molecule has 1 aliphatic rings. The fourth-order valence-electron chi connectivity index (χ4n) is 2.76. The second-order valence-corrected chi connectivity index (χ2v) is 5.05. The second-order valence-electron chi connectivity index (χ2n) is 5.05. The maximum absolute atomic E-state index is 12.7. The van der Waals surface area contributed by atoms with Crippen LogP contribution in [0.2, 0.25) is 0 Å². The summed E-state index contributed by atoms with van der Waals surface area (Å²) in [6, 6.07) is 14.7. The lowest BCUT2D eigenvalue weighted by Gasteiger charge is -2.31. The highest BCUT2D eigenvalue weighted by atomic mass is 16.3. The summed E-state index contributed by atoms with van der Waals surface area (Å²) in [4.78, 5) is 14.4. The molecule has 2 aromatic heterocycles. The Hall–Kier alpha value is -3.01. The zero-order chi connectivity index (χ0) is 14.9. The van der Waals surface area contributed by atoms with E-state index in [2.05, 4.69) is 0 Å². The average molecular weight is 291 g/mol. The molecule has 0 saturated heterocycles. The lowest BCUT2D eigenvalue weighted by molar-refractivity contribution is 0.0743. The molecule has 0 aliphatic carbocycles. The molecule has 0 N–H and O–H groups in total. The molecule has 4 rings (SSSR count). The lowest BCUT2D eigenvalue weighted by atomic mass is 9.94. The largest absolute Gasteiger partial charge is 0.467 e. The number of nitrogens with zero attached hydrogens (tertiary/aromatic N) is 1. The molecule has 1 aliphatic heterocycles. The summed E-state index contributed by atoms with van der Waals surface area (Å²) in [5.41, 5.74) is 2.10. The Bertz CT molecular complexity index is 816. The first-order valence-corrected chi connectivity index (χ1v) is 7.01. The number of benzene rings is 1. The van der Waals surface area contributed by atoms with Gasteiger partial charge in [0.05, 0.1) is 12.5 Å². The molecule has 1 aromatic carbocycles. The Kier molecular flexibility index (Phi) is 2.93. The van der Waals surface area contributed by atoms with Gasteiger partial charge >= 0.3 is 0 Å². The minimum absolute atomic E-state index is 0.197. The summed E-state index contributed by atoms with van der Waals surface area (Å²) in [5, 5.41) is 0. The quantitative estimate of drug-likeness (QED) is 0.714. The zero-order valence-corrected chi connectivity index (χ0v) is 11.7. The van der Waals surface area contributed by atoms with Crippen molar-refractivity contribution in [1.29, 1.82) is 0 Å². The van der Waals surface area contributed by atoms with Crippen molar-refractivity contribution in [1.82, 2.24) is 4.90 Å². The van der Waals surface area contributed by atoms with Gasteiger partial charge in [-0.25, -0.2) is 0 Å². The van der Waals surface area contributed by atoms with Gasteiger partial charge in [0, 0.05) is 6.20 Å². The van der Waals surface area contributed by atoms with Crippen LogP contribution in [0.4, 0.5) is 0 Å². The molecule has 0 bridgehead atoms. The van der Waals surface area contributed by atoms with Crippen LogP contribution in [0.5, 0.6) is 0 Å². The van der Waals surface area contributed by atoms with Gasteiger partial charge in [0.2, 0.25) is 0 Å².